The lowest BCUT2D eigenvalue weighted by Crippen LogP contribution is -2.31. The van der Waals surface area contributed by atoms with Crippen molar-refractivity contribution in [3.05, 3.63) is 23.8 Å². The molecule has 118 valence electrons. The van der Waals surface area contributed by atoms with Crippen molar-refractivity contribution in [2.75, 3.05) is 6.61 Å². The molecule has 0 bridgehead atoms. The molecule has 5 nitrogen and oxygen atoms in total. The average Bonchev–Trinajstić information content (AvgIpc) is 2.38. The van der Waals surface area contributed by atoms with Gasteiger partial charge in [-0.2, -0.15) is 0 Å². The van der Waals surface area contributed by atoms with E-state index in [0.717, 1.165) is 12.1 Å². The number of rotatable bonds is 5. The topological polar surface area (TPSA) is 81.8 Å². The van der Waals surface area contributed by atoms with Gasteiger partial charge in [0.1, 0.15) is 11.5 Å². The largest absolute Gasteiger partial charge is 0.573 e. The Morgan fingerprint density at radius 3 is 2.57 bits per heavy atom. The van der Waals surface area contributed by atoms with Crippen molar-refractivity contribution in [1.82, 2.24) is 0 Å². The van der Waals surface area contributed by atoms with Crippen molar-refractivity contribution in [2.24, 2.45) is 5.73 Å². The first-order valence-corrected chi connectivity index (χ1v) is 5.80. The van der Waals surface area contributed by atoms with Crippen LogP contribution < -0.4 is 10.5 Å². The van der Waals surface area contributed by atoms with E-state index in [0.29, 0.717) is 6.07 Å². The molecule has 3 N–H and O–H groups in total. The van der Waals surface area contributed by atoms with Crippen molar-refractivity contribution >= 4 is 5.97 Å². The molecule has 0 radical (unpaired) electrons. The Morgan fingerprint density at radius 2 is 2.05 bits per heavy atom. The van der Waals surface area contributed by atoms with Gasteiger partial charge in [-0.1, -0.05) is 0 Å². The summed E-state index contributed by atoms with van der Waals surface area (Å²) in [5.41, 5.74) is 5.03. The second-order valence-corrected chi connectivity index (χ2v) is 3.95. The van der Waals surface area contributed by atoms with Crippen LogP contribution in [0.2, 0.25) is 0 Å². The first-order chi connectivity index (χ1) is 9.65. The molecular formula is C12H13F4NO4. The summed E-state index contributed by atoms with van der Waals surface area (Å²) >= 11 is 0. The minimum atomic E-state index is -4.95. The molecule has 0 saturated carbocycles. The van der Waals surface area contributed by atoms with Gasteiger partial charge < -0.3 is 20.3 Å². The van der Waals surface area contributed by atoms with Crippen molar-refractivity contribution in [3.63, 3.8) is 0 Å². The lowest BCUT2D eigenvalue weighted by molar-refractivity contribution is -0.274. The van der Waals surface area contributed by atoms with E-state index in [-0.39, 0.29) is 6.61 Å². The number of benzene rings is 1. The molecule has 1 aromatic carbocycles. The Morgan fingerprint density at radius 1 is 1.43 bits per heavy atom. The Balaban J connectivity index is 3.00. The molecule has 0 saturated heterocycles. The number of hydrogen-bond acceptors (Lipinski definition) is 5. The average molecular weight is 311 g/mol. The molecular weight excluding hydrogens is 298 g/mol. The van der Waals surface area contributed by atoms with E-state index in [1.54, 1.807) is 0 Å². The number of halogens is 4. The van der Waals surface area contributed by atoms with Crippen molar-refractivity contribution in [2.45, 2.75) is 25.5 Å². The molecule has 0 aliphatic rings. The molecule has 21 heavy (non-hydrogen) atoms. The van der Waals surface area contributed by atoms with Gasteiger partial charge in [0.15, 0.2) is 0 Å². The second kappa shape index (κ2) is 6.61. The van der Waals surface area contributed by atoms with E-state index in [2.05, 4.69) is 9.47 Å². The van der Waals surface area contributed by atoms with Crippen molar-refractivity contribution < 1.29 is 36.9 Å². The summed E-state index contributed by atoms with van der Waals surface area (Å²) in [7, 11) is 0. The lowest BCUT2D eigenvalue weighted by Gasteiger charge is -2.18. The molecule has 0 fully saturated rings. The lowest BCUT2D eigenvalue weighted by atomic mass is 10.0. The first-order valence-electron chi connectivity index (χ1n) is 5.80. The molecule has 2 atom stereocenters. The van der Waals surface area contributed by atoms with Crippen LogP contribution in [0.5, 0.6) is 11.5 Å². The standard InChI is InChI=1S/C12H13F4NO4/c1-2-20-11(19)9(13)10(17)7-5-6(3-4-8(7)18)21-12(14,15)16/h3-5,9-10,18H,2,17H2,1H3/t9?,10-/m1/s1. The quantitative estimate of drug-likeness (QED) is 0.643. The number of phenolic OH excluding ortho intramolecular Hbond substituents is 1. The van der Waals surface area contributed by atoms with E-state index in [4.69, 9.17) is 5.73 Å². The zero-order valence-electron chi connectivity index (χ0n) is 10.9. The monoisotopic (exact) mass is 311 g/mol. The normalized spacial score (nSPS) is 14.4. The number of nitrogens with two attached hydrogens (primary N) is 1. The molecule has 0 heterocycles. The van der Waals surface area contributed by atoms with Gasteiger partial charge in [0, 0.05) is 5.56 Å². The van der Waals surface area contributed by atoms with Crippen LogP contribution in [0.15, 0.2) is 18.2 Å². The van der Waals surface area contributed by atoms with E-state index in [9.17, 15) is 27.5 Å². The van der Waals surface area contributed by atoms with Crippen LogP contribution in [0.3, 0.4) is 0 Å². The van der Waals surface area contributed by atoms with Gasteiger partial charge in [0.2, 0.25) is 6.17 Å². The van der Waals surface area contributed by atoms with Gasteiger partial charge in [-0.3, -0.25) is 0 Å². The van der Waals surface area contributed by atoms with Gasteiger partial charge in [0.25, 0.3) is 0 Å². The van der Waals surface area contributed by atoms with Crippen LogP contribution in [0.4, 0.5) is 17.6 Å². The molecule has 0 aromatic heterocycles. The first kappa shape index (κ1) is 17.0. The zero-order valence-corrected chi connectivity index (χ0v) is 10.9. The second-order valence-electron chi connectivity index (χ2n) is 3.95. The number of phenols is 1. The van der Waals surface area contributed by atoms with Crippen LogP contribution in [0, 0.1) is 0 Å². The predicted molar refractivity (Wildman–Crippen MR) is 63.2 cm³/mol. The third kappa shape index (κ3) is 4.78. The van der Waals surface area contributed by atoms with E-state index in [1.807, 2.05) is 0 Å². The minimum absolute atomic E-state index is 0.0881. The third-order valence-corrected chi connectivity index (χ3v) is 2.42. The molecule has 1 rings (SSSR count). The summed E-state index contributed by atoms with van der Waals surface area (Å²) in [6, 6.07) is 0.699. The molecule has 0 amide bonds. The molecule has 0 spiro atoms. The van der Waals surface area contributed by atoms with Crippen LogP contribution in [0.25, 0.3) is 0 Å². The van der Waals surface area contributed by atoms with E-state index in [1.165, 1.54) is 6.92 Å². The summed E-state index contributed by atoms with van der Waals surface area (Å²) in [6.45, 7) is 1.36. The summed E-state index contributed by atoms with van der Waals surface area (Å²) in [5, 5.41) is 9.53. The highest BCUT2D eigenvalue weighted by Crippen LogP contribution is 2.32. The number of hydrogen-bond donors (Lipinski definition) is 2. The summed E-state index contributed by atoms with van der Waals surface area (Å²) < 4.78 is 58.1. The fourth-order valence-corrected chi connectivity index (χ4v) is 1.52. The fraction of sp³-hybridized carbons (Fsp3) is 0.417. The zero-order chi connectivity index (χ0) is 16.2. The highest BCUT2D eigenvalue weighted by atomic mass is 19.4. The van der Waals surface area contributed by atoms with Crippen LogP contribution in [-0.2, 0) is 9.53 Å². The molecule has 0 aliphatic heterocycles. The smallest absolute Gasteiger partial charge is 0.508 e. The Hall–Kier alpha value is -2.03. The predicted octanol–water partition coefficient (Wildman–Crippen LogP) is 2.19. The molecule has 0 aliphatic carbocycles. The Labute approximate surface area is 117 Å². The van der Waals surface area contributed by atoms with Crippen LogP contribution in [-0.4, -0.2) is 30.2 Å². The van der Waals surface area contributed by atoms with E-state index >= 15 is 0 Å². The van der Waals surface area contributed by atoms with Gasteiger partial charge in [-0.15, -0.1) is 13.2 Å². The number of alkyl halides is 4. The van der Waals surface area contributed by atoms with Gasteiger partial charge in [-0.25, -0.2) is 9.18 Å². The fourth-order valence-electron chi connectivity index (χ4n) is 1.52. The number of aromatic hydroxyl groups is 1. The highest BCUT2D eigenvalue weighted by Gasteiger charge is 2.33. The Bertz CT molecular complexity index is 507. The van der Waals surface area contributed by atoms with Crippen molar-refractivity contribution in [1.29, 1.82) is 0 Å². The summed E-state index contributed by atoms with van der Waals surface area (Å²) in [5.74, 6) is -2.53. The van der Waals surface area contributed by atoms with Crippen molar-refractivity contribution in [3.8, 4) is 11.5 Å². The molecule has 1 aromatic rings. The third-order valence-electron chi connectivity index (χ3n) is 2.42. The van der Waals surface area contributed by atoms with Gasteiger partial charge in [0.05, 0.1) is 12.6 Å². The van der Waals surface area contributed by atoms with Crippen LogP contribution in [0.1, 0.15) is 18.5 Å². The maximum Gasteiger partial charge on any atom is 0.573 e. The van der Waals surface area contributed by atoms with Gasteiger partial charge in [-0.05, 0) is 25.1 Å². The number of carbonyl (C=O) groups is 1. The molecule has 9 heteroatoms. The summed E-state index contributed by atoms with van der Waals surface area (Å²) in [6.07, 6.45) is -7.29. The maximum absolute atomic E-state index is 13.7. The highest BCUT2D eigenvalue weighted by molar-refractivity contribution is 5.76. The maximum atomic E-state index is 13.7. The number of ether oxygens (including phenoxy) is 2. The number of carbonyl (C=O) groups excluding carboxylic acids is 1. The van der Waals surface area contributed by atoms with E-state index < -0.39 is 41.6 Å². The van der Waals surface area contributed by atoms with Crippen LogP contribution >= 0.6 is 0 Å². The number of esters is 1. The summed E-state index contributed by atoms with van der Waals surface area (Å²) in [4.78, 5) is 11.2. The SMILES string of the molecule is CCOC(=O)C(F)[C@H](N)c1cc(OC(F)(F)F)ccc1O. The molecule has 1 unspecified atom stereocenters. The minimum Gasteiger partial charge on any atom is -0.508 e. The van der Waals surface area contributed by atoms with Gasteiger partial charge >= 0.3 is 12.3 Å². The Kier molecular flexibility index (Phi) is 5.36.